The minimum absolute atomic E-state index is 0.0485. The molecule has 4 fully saturated rings. The molecule has 2 N–H and O–H groups in total. The highest BCUT2D eigenvalue weighted by Crippen LogP contribution is 2.57. The van der Waals surface area contributed by atoms with Crippen molar-refractivity contribution in [3.8, 4) is 0 Å². The van der Waals surface area contributed by atoms with Crippen LogP contribution in [-0.4, -0.2) is 38.8 Å². The van der Waals surface area contributed by atoms with E-state index in [2.05, 4.69) is 31.7 Å². The van der Waals surface area contributed by atoms with Gasteiger partial charge < -0.3 is 10.6 Å². The first-order valence-electron chi connectivity index (χ1n) is 10.3. The number of nitrogens with zero attached hydrogens (tertiary/aromatic N) is 2. The van der Waals surface area contributed by atoms with Crippen LogP contribution in [0.4, 0.5) is 4.39 Å². The van der Waals surface area contributed by atoms with Crippen LogP contribution in [0.25, 0.3) is 6.20 Å². The summed E-state index contributed by atoms with van der Waals surface area (Å²) in [5.74, 6) is 0.662. The van der Waals surface area contributed by atoms with Crippen molar-refractivity contribution in [2.45, 2.75) is 70.1 Å². The Morgan fingerprint density at radius 3 is 2.55 bits per heavy atom. The molecule has 4 aliphatic carbocycles. The average molecular weight is 467 g/mol. The van der Waals surface area contributed by atoms with E-state index in [-0.39, 0.29) is 29.7 Å². The van der Waals surface area contributed by atoms with Crippen molar-refractivity contribution in [3.05, 3.63) is 22.4 Å². The van der Waals surface area contributed by atoms with Gasteiger partial charge in [-0.3, -0.25) is 9.59 Å². The van der Waals surface area contributed by atoms with Gasteiger partial charge in [0.2, 0.25) is 5.91 Å². The Labute approximate surface area is 178 Å². The van der Waals surface area contributed by atoms with Gasteiger partial charge in [0.1, 0.15) is 10.3 Å². The summed E-state index contributed by atoms with van der Waals surface area (Å²) in [5, 5.41) is 10.3. The first kappa shape index (κ1) is 20.6. The van der Waals surface area contributed by atoms with Gasteiger partial charge in [0.05, 0.1) is 17.3 Å². The molecule has 0 saturated heterocycles. The third kappa shape index (κ3) is 4.13. The fourth-order valence-electron chi connectivity index (χ4n) is 5.75. The van der Waals surface area contributed by atoms with Crippen LogP contribution >= 0.6 is 15.9 Å². The topological polar surface area (TPSA) is 76.0 Å². The maximum absolute atomic E-state index is 14.9. The number of nitrogens with one attached hydrogen (secondary N) is 2. The van der Waals surface area contributed by atoms with E-state index in [0.29, 0.717) is 35.3 Å². The van der Waals surface area contributed by atoms with Gasteiger partial charge in [-0.15, -0.1) is 0 Å². The van der Waals surface area contributed by atoms with Crippen LogP contribution < -0.4 is 10.6 Å². The molecule has 1 aromatic heterocycles. The molecule has 5 rings (SSSR count). The molecule has 29 heavy (non-hydrogen) atoms. The van der Waals surface area contributed by atoms with Crippen LogP contribution in [0.5, 0.6) is 0 Å². The normalized spacial score (nSPS) is 33.3. The van der Waals surface area contributed by atoms with Gasteiger partial charge in [0.15, 0.2) is 0 Å². The molecule has 1 aromatic rings. The Balaban J connectivity index is 1.45. The molecule has 0 aliphatic heterocycles. The van der Waals surface area contributed by atoms with E-state index in [9.17, 15) is 14.0 Å². The Kier molecular flexibility index (Phi) is 5.12. The van der Waals surface area contributed by atoms with Crippen molar-refractivity contribution in [2.24, 2.45) is 17.8 Å². The van der Waals surface area contributed by atoms with E-state index in [1.54, 1.807) is 10.9 Å². The summed E-state index contributed by atoms with van der Waals surface area (Å²) in [6.45, 7) is 5.22. The van der Waals surface area contributed by atoms with Crippen LogP contribution in [0.3, 0.4) is 0 Å². The second kappa shape index (κ2) is 7.22. The molecule has 4 aliphatic rings. The molecule has 0 aromatic carbocycles. The van der Waals surface area contributed by atoms with Gasteiger partial charge in [-0.05, 0) is 85.7 Å². The molecule has 0 spiro atoms. The zero-order chi connectivity index (χ0) is 21.0. The lowest BCUT2D eigenvalue weighted by Gasteiger charge is -2.56. The number of amides is 2. The van der Waals surface area contributed by atoms with Crippen LogP contribution in [0.2, 0.25) is 0 Å². The van der Waals surface area contributed by atoms with Crippen molar-refractivity contribution < 1.29 is 14.0 Å². The van der Waals surface area contributed by atoms with Crippen molar-refractivity contribution in [1.29, 1.82) is 0 Å². The summed E-state index contributed by atoms with van der Waals surface area (Å²) in [4.78, 5) is 24.2. The van der Waals surface area contributed by atoms with E-state index in [4.69, 9.17) is 0 Å². The Morgan fingerprint density at radius 1 is 1.31 bits per heavy atom. The predicted octanol–water partition coefficient (Wildman–Crippen LogP) is 3.68. The molecule has 1 heterocycles. The number of hydrogen-bond donors (Lipinski definition) is 2. The minimum Gasteiger partial charge on any atom is -0.349 e. The molecule has 0 radical (unpaired) electrons. The summed E-state index contributed by atoms with van der Waals surface area (Å²) in [7, 11) is 0. The fraction of sp³-hybridized carbons (Fsp3) is 0.667. The maximum atomic E-state index is 14.9. The van der Waals surface area contributed by atoms with Crippen molar-refractivity contribution in [2.75, 3.05) is 0 Å². The number of hydrogen-bond acceptors (Lipinski definition) is 3. The number of halogens is 2. The number of carbonyl (C=O) groups is 2. The number of carbonyl (C=O) groups excluding carboxylic acids is 2. The van der Waals surface area contributed by atoms with Crippen LogP contribution in [0.1, 0.15) is 63.2 Å². The van der Waals surface area contributed by atoms with E-state index in [1.807, 2.05) is 19.9 Å². The Bertz CT molecular complexity index is 849. The summed E-state index contributed by atoms with van der Waals surface area (Å²) in [5.41, 5.74) is -1.09. The van der Waals surface area contributed by atoms with Crippen LogP contribution in [0, 0.1) is 17.8 Å². The van der Waals surface area contributed by atoms with E-state index >= 15 is 0 Å². The third-order valence-corrected chi connectivity index (χ3v) is 7.40. The number of alkyl halides is 1. The zero-order valence-electron chi connectivity index (χ0n) is 17.0. The summed E-state index contributed by atoms with van der Waals surface area (Å²) < 4.78 is 17.0. The Hall–Kier alpha value is -1.70. The van der Waals surface area contributed by atoms with Gasteiger partial charge in [-0.25, -0.2) is 9.07 Å². The van der Waals surface area contributed by atoms with E-state index in [1.165, 1.54) is 13.1 Å². The zero-order valence-corrected chi connectivity index (χ0v) is 18.6. The molecule has 6 nitrogen and oxygen atoms in total. The second-order valence-corrected chi connectivity index (χ2v) is 10.4. The smallest absolute Gasteiger partial charge is 0.255 e. The predicted molar refractivity (Wildman–Crippen MR) is 112 cm³/mol. The van der Waals surface area contributed by atoms with Gasteiger partial charge in [0.25, 0.3) is 5.91 Å². The summed E-state index contributed by atoms with van der Waals surface area (Å²) in [6.07, 6.45) is 8.96. The number of aromatic nitrogens is 2. The molecule has 4 bridgehead atoms. The molecule has 4 saturated carbocycles. The lowest BCUT2D eigenvalue weighted by atomic mass is 9.53. The molecular formula is C21H28BrFN4O2. The molecule has 2 unspecified atom stereocenters. The van der Waals surface area contributed by atoms with Gasteiger partial charge in [0, 0.05) is 19.2 Å². The summed E-state index contributed by atoms with van der Waals surface area (Å²) in [6, 6.07) is 0.0485. The summed E-state index contributed by atoms with van der Waals surface area (Å²) >= 11 is 3.46. The van der Waals surface area contributed by atoms with Gasteiger partial charge >= 0.3 is 0 Å². The highest BCUT2D eigenvalue weighted by molar-refractivity contribution is 9.10. The first-order valence-corrected chi connectivity index (χ1v) is 11.1. The first-order chi connectivity index (χ1) is 13.6. The van der Waals surface area contributed by atoms with Gasteiger partial charge in [-0.2, -0.15) is 5.10 Å². The Morgan fingerprint density at radius 2 is 1.97 bits per heavy atom. The average Bonchev–Trinajstić information content (AvgIpc) is 2.94. The quantitative estimate of drug-likeness (QED) is 0.694. The van der Waals surface area contributed by atoms with E-state index in [0.717, 1.165) is 12.8 Å². The monoisotopic (exact) mass is 466 g/mol. The molecular weight excluding hydrogens is 439 g/mol. The molecule has 2 atom stereocenters. The fourth-order valence-corrected chi connectivity index (χ4v) is 6.24. The standard InChI is InChI=1S/C21H28BrFN4O2/c1-12(28)26-20(2,3)4-5-27-18(22)16(11-24-27)19(29)25-17-14-6-13-7-15(17)10-21(23,8-13)9-14/h4-5,11,13-15,17H,6-10H2,1-3H3,(H,25,29)(H,26,28). The second-order valence-electron chi connectivity index (χ2n) is 9.63. The van der Waals surface area contributed by atoms with Crippen molar-refractivity contribution >= 4 is 33.9 Å². The minimum atomic E-state index is -1.01. The van der Waals surface area contributed by atoms with Crippen LogP contribution in [0.15, 0.2) is 16.9 Å². The molecule has 158 valence electrons. The lowest BCUT2D eigenvalue weighted by molar-refractivity contribution is -0.120. The van der Waals surface area contributed by atoms with Gasteiger partial charge in [-0.1, -0.05) is 0 Å². The SMILES string of the molecule is CC(=O)NC(C)(C)C=Cn1ncc(C(=O)NC2C3CC4CC2CC(F)(C4)C3)c1Br. The largest absolute Gasteiger partial charge is 0.349 e. The lowest BCUT2D eigenvalue weighted by Crippen LogP contribution is -2.60. The highest BCUT2D eigenvalue weighted by Gasteiger charge is 2.56. The van der Waals surface area contributed by atoms with Crippen LogP contribution in [-0.2, 0) is 4.79 Å². The molecule has 8 heteroatoms. The highest BCUT2D eigenvalue weighted by atomic mass is 79.9. The number of rotatable bonds is 5. The van der Waals surface area contributed by atoms with Crippen molar-refractivity contribution in [3.63, 3.8) is 0 Å². The van der Waals surface area contributed by atoms with E-state index < -0.39 is 11.2 Å². The van der Waals surface area contributed by atoms with Crippen molar-refractivity contribution in [1.82, 2.24) is 20.4 Å². The third-order valence-electron chi connectivity index (χ3n) is 6.61. The molecule has 2 amide bonds. The maximum Gasteiger partial charge on any atom is 0.255 e.